The van der Waals surface area contributed by atoms with Gasteiger partial charge in [0.1, 0.15) is 19.3 Å². The van der Waals surface area contributed by atoms with E-state index in [1.54, 1.807) is 0 Å². The Hall–Kier alpha value is -1.94. The maximum absolute atomic E-state index is 13.0. The minimum Gasteiger partial charge on any atom is -0.462 e. The summed E-state index contributed by atoms with van der Waals surface area (Å²) in [6, 6.07) is 0. The summed E-state index contributed by atoms with van der Waals surface area (Å²) < 4.78 is 68.1. The highest BCUT2D eigenvalue weighted by molar-refractivity contribution is 7.47. The van der Waals surface area contributed by atoms with Crippen LogP contribution in [0.2, 0.25) is 0 Å². The lowest BCUT2D eigenvalue weighted by molar-refractivity contribution is -0.161. The maximum Gasteiger partial charge on any atom is 0.472 e. The first kappa shape index (κ1) is 83.1. The van der Waals surface area contributed by atoms with E-state index in [-0.39, 0.29) is 25.7 Å². The molecule has 3 N–H and O–H groups in total. The van der Waals surface area contributed by atoms with Gasteiger partial charge in [-0.05, 0) is 43.4 Å². The molecular weight excluding hydrogens is 1130 g/mol. The number of rotatable bonds is 64. The quantitative estimate of drug-likeness (QED) is 0.0222. The van der Waals surface area contributed by atoms with Crippen molar-refractivity contribution in [2.24, 2.45) is 17.8 Å². The highest BCUT2D eigenvalue weighted by Crippen LogP contribution is 2.45. The minimum absolute atomic E-state index is 0.102. The van der Waals surface area contributed by atoms with Gasteiger partial charge < -0.3 is 33.8 Å². The number of phosphoric ester groups is 2. The number of carbonyl (C=O) groups excluding carboxylic acids is 4. The lowest BCUT2D eigenvalue weighted by Crippen LogP contribution is -2.30. The third-order valence-corrected chi connectivity index (χ3v) is 17.0. The van der Waals surface area contributed by atoms with Crippen LogP contribution < -0.4 is 0 Å². The fourth-order valence-corrected chi connectivity index (χ4v) is 11.4. The van der Waals surface area contributed by atoms with Crippen LogP contribution in [0, 0.1) is 17.8 Å². The molecule has 2 unspecified atom stereocenters. The van der Waals surface area contributed by atoms with Crippen LogP contribution in [0.3, 0.4) is 0 Å². The minimum atomic E-state index is -4.95. The molecule has 0 heterocycles. The number of phosphoric acid groups is 2. The van der Waals surface area contributed by atoms with Crippen molar-refractivity contribution < 1.29 is 80.2 Å². The number of hydrogen-bond donors (Lipinski definition) is 3. The smallest absolute Gasteiger partial charge is 0.462 e. The largest absolute Gasteiger partial charge is 0.472 e. The predicted octanol–water partition coefficient (Wildman–Crippen LogP) is 18.3. The van der Waals surface area contributed by atoms with Crippen LogP contribution in [0.4, 0.5) is 0 Å². The molecule has 504 valence electrons. The fourth-order valence-electron chi connectivity index (χ4n) is 9.83. The second kappa shape index (κ2) is 57.2. The Labute approximate surface area is 517 Å². The first-order valence-corrected chi connectivity index (χ1v) is 37.3. The molecule has 0 aromatic carbocycles. The summed E-state index contributed by atoms with van der Waals surface area (Å²) in [5.41, 5.74) is 0. The van der Waals surface area contributed by atoms with Crippen LogP contribution in [0.25, 0.3) is 0 Å². The summed E-state index contributed by atoms with van der Waals surface area (Å²) in [5, 5.41) is 10.5. The predicted molar refractivity (Wildman–Crippen MR) is 340 cm³/mol. The number of carbonyl (C=O) groups is 4. The van der Waals surface area contributed by atoms with Gasteiger partial charge in [0.15, 0.2) is 12.2 Å². The number of aliphatic hydroxyl groups is 1. The van der Waals surface area contributed by atoms with E-state index in [2.05, 4.69) is 48.5 Å². The van der Waals surface area contributed by atoms with Gasteiger partial charge in [-0.15, -0.1) is 0 Å². The van der Waals surface area contributed by atoms with Gasteiger partial charge in [-0.25, -0.2) is 9.13 Å². The third-order valence-electron chi connectivity index (χ3n) is 15.1. The van der Waals surface area contributed by atoms with Gasteiger partial charge in [-0.1, -0.05) is 273 Å². The van der Waals surface area contributed by atoms with E-state index >= 15 is 0 Å². The molecule has 0 aliphatic carbocycles. The molecule has 0 aliphatic rings. The molecule has 85 heavy (non-hydrogen) atoms. The van der Waals surface area contributed by atoms with Gasteiger partial charge in [-0.3, -0.25) is 37.3 Å². The molecule has 0 saturated heterocycles. The Morgan fingerprint density at radius 2 is 0.541 bits per heavy atom. The van der Waals surface area contributed by atoms with E-state index in [9.17, 15) is 43.2 Å². The van der Waals surface area contributed by atoms with Crippen molar-refractivity contribution in [3.63, 3.8) is 0 Å². The molecule has 0 aliphatic heterocycles. The molecule has 0 aromatic heterocycles. The zero-order valence-electron chi connectivity index (χ0n) is 55.1. The summed E-state index contributed by atoms with van der Waals surface area (Å²) in [7, 11) is -9.89. The molecule has 0 fully saturated rings. The van der Waals surface area contributed by atoms with E-state index in [1.807, 2.05) is 0 Å². The van der Waals surface area contributed by atoms with Crippen LogP contribution in [0.1, 0.15) is 325 Å². The average Bonchev–Trinajstić information content (AvgIpc) is 3.48. The Bertz CT molecular complexity index is 1680. The molecule has 0 amide bonds. The summed E-state index contributed by atoms with van der Waals surface area (Å²) in [5.74, 6) is -0.00759. The van der Waals surface area contributed by atoms with Crippen LogP contribution >= 0.6 is 15.6 Å². The van der Waals surface area contributed by atoms with Crippen molar-refractivity contribution in [2.45, 2.75) is 343 Å². The average molecular weight is 1260 g/mol. The molecule has 0 bridgehead atoms. The summed E-state index contributed by atoms with van der Waals surface area (Å²) in [6.07, 6.45) is 39.1. The van der Waals surface area contributed by atoms with Crippen LogP contribution in [-0.2, 0) is 65.4 Å². The normalized spacial score (nSPS) is 14.3. The van der Waals surface area contributed by atoms with Crippen molar-refractivity contribution >= 4 is 39.5 Å². The van der Waals surface area contributed by atoms with Gasteiger partial charge in [0.25, 0.3) is 0 Å². The maximum atomic E-state index is 13.0. The highest BCUT2D eigenvalue weighted by Gasteiger charge is 2.30. The number of aliphatic hydroxyl groups excluding tert-OH is 1. The second-order valence-electron chi connectivity index (χ2n) is 25.3. The van der Waals surface area contributed by atoms with Gasteiger partial charge in [0, 0.05) is 25.7 Å². The lowest BCUT2D eigenvalue weighted by Gasteiger charge is -2.21. The number of ether oxygens (including phenoxy) is 4. The van der Waals surface area contributed by atoms with Crippen molar-refractivity contribution in [3.05, 3.63) is 0 Å². The van der Waals surface area contributed by atoms with Crippen molar-refractivity contribution in [1.82, 2.24) is 0 Å². The Balaban J connectivity index is 5.25. The molecule has 0 radical (unpaired) electrons. The van der Waals surface area contributed by atoms with Gasteiger partial charge in [-0.2, -0.15) is 0 Å². The SMILES string of the molecule is CCCCCCCCCCCCCCCCC(=O)O[C@H](COC(=O)CCCCCCCCCCC(C)C)COP(=O)(O)OC[C@@H](O)COP(=O)(O)OC[C@@H](COC(=O)CCCCCCCCCC(C)C)OC(=O)CCCCCCCCCC(C)C. The number of hydrogen-bond acceptors (Lipinski definition) is 15. The number of esters is 4. The molecule has 17 nitrogen and oxygen atoms in total. The standard InChI is InChI=1S/C66H128O17P2/c1-8-9-10-11-12-13-14-15-16-17-18-27-35-42-49-65(70)82-61(53-76-63(68)47-40-33-26-20-19-23-30-37-44-57(2)3)55-80-84(72,73)78-51-60(67)52-79-85(74,75)81-56-62(83-66(71)50-43-36-29-22-25-32-39-46-59(6)7)54-77-64(69)48-41-34-28-21-24-31-38-45-58(4)5/h57-62,67H,8-56H2,1-7H3,(H,72,73)(H,74,75)/t60-,61-,62-/m1/s1. The molecule has 19 heteroatoms. The molecular formula is C66H128O17P2. The molecule has 0 aromatic rings. The fraction of sp³-hybridized carbons (Fsp3) is 0.939. The van der Waals surface area contributed by atoms with Crippen LogP contribution in [0.15, 0.2) is 0 Å². The van der Waals surface area contributed by atoms with Crippen LogP contribution in [0.5, 0.6) is 0 Å². The summed E-state index contributed by atoms with van der Waals surface area (Å²) in [4.78, 5) is 72.3. The molecule has 0 spiro atoms. The lowest BCUT2D eigenvalue weighted by atomic mass is 10.0. The zero-order valence-corrected chi connectivity index (χ0v) is 56.9. The first-order valence-electron chi connectivity index (χ1n) is 34.3. The van der Waals surface area contributed by atoms with E-state index < -0.39 is 97.5 Å². The van der Waals surface area contributed by atoms with Gasteiger partial charge in [0.05, 0.1) is 26.4 Å². The van der Waals surface area contributed by atoms with Crippen molar-refractivity contribution in [2.75, 3.05) is 39.6 Å². The Morgan fingerprint density at radius 1 is 0.318 bits per heavy atom. The summed E-state index contributed by atoms with van der Waals surface area (Å²) in [6.45, 7) is 11.7. The van der Waals surface area contributed by atoms with Crippen molar-refractivity contribution in [1.29, 1.82) is 0 Å². The highest BCUT2D eigenvalue weighted by atomic mass is 31.2. The van der Waals surface area contributed by atoms with Gasteiger partial charge >= 0.3 is 39.5 Å². The van der Waals surface area contributed by atoms with E-state index in [0.29, 0.717) is 37.5 Å². The monoisotopic (exact) mass is 1250 g/mol. The molecule has 0 rings (SSSR count). The second-order valence-corrected chi connectivity index (χ2v) is 28.2. The Morgan fingerprint density at radius 3 is 0.800 bits per heavy atom. The summed E-state index contributed by atoms with van der Waals surface area (Å²) >= 11 is 0. The van der Waals surface area contributed by atoms with Gasteiger partial charge in [0.2, 0.25) is 0 Å². The van der Waals surface area contributed by atoms with Crippen LogP contribution in [-0.4, -0.2) is 96.7 Å². The number of unbranched alkanes of at least 4 members (excludes halogenated alkanes) is 32. The van der Waals surface area contributed by atoms with E-state index in [0.717, 1.165) is 102 Å². The van der Waals surface area contributed by atoms with Crippen molar-refractivity contribution in [3.8, 4) is 0 Å². The molecule has 5 atom stereocenters. The zero-order chi connectivity index (χ0) is 63.1. The third kappa shape index (κ3) is 60.7. The van der Waals surface area contributed by atoms with E-state index in [1.165, 1.54) is 128 Å². The molecule has 0 saturated carbocycles. The topological polar surface area (TPSA) is 237 Å². The first-order chi connectivity index (χ1) is 40.7. The Kier molecular flexibility index (Phi) is 55.9. The van der Waals surface area contributed by atoms with E-state index in [4.69, 9.17) is 37.0 Å².